The number of carboxylic acid groups (broad SMARTS) is 1. The minimum atomic E-state index is -0.774. The van der Waals surface area contributed by atoms with Crippen molar-refractivity contribution >= 4 is 17.7 Å². The van der Waals surface area contributed by atoms with Gasteiger partial charge in [-0.3, -0.25) is 10.1 Å². The number of carboxylic acids is 1. The fraction of sp³-hybridized carbons (Fsp3) is 0.550. The summed E-state index contributed by atoms with van der Waals surface area (Å²) in [5.74, 6) is 1.29. The number of nitrogens with one attached hydrogen (secondary N) is 1. The maximum atomic E-state index is 11.4. The number of likely N-dealkylation sites (tertiary alicyclic amines) is 1. The lowest BCUT2D eigenvalue weighted by molar-refractivity contribution is -0.138. The van der Waals surface area contributed by atoms with Crippen LogP contribution in [0.1, 0.15) is 18.4 Å². The summed E-state index contributed by atoms with van der Waals surface area (Å²) in [6.45, 7) is 1.01. The average Bonchev–Trinajstić information content (AvgIpc) is 3.24. The molecule has 7 heteroatoms. The molecule has 1 aliphatic carbocycles. The second-order valence-corrected chi connectivity index (χ2v) is 8.98. The first-order valence-electron chi connectivity index (χ1n) is 9.21. The van der Waals surface area contributed by atoms with Crippen molar-refractivity contribution in [2.24, 2.45) is 0 Å². The van der Waals surface area contributed by atoms with Crippen LogP contribution in [0, 0.1) is 0 Å². The Bertz CT molecular complexity index is 785. The molecule has 146 valence electrons. The lowest BCUT2D eigenvalue weighted by Crippen LogP contribution is -2.53. The normalized spacial score (nSPS) is 35.4. The lowest BCUT2D eigenvalue weighted by atomic mass is 9.68. The molecule has 4 unspecified atom stereocenters. The highest BCUT2D eigenvalue weighted by Gasteiger charge is 2.54. The van der Waals surface area contributed by atoms with Gasteiger partial charge in [0.2, 0.25) is 0 Å². The van der Waals surface area contributed by atoms with Gasteiger partial charge >= 0.3 is 5.97 Å². The van der Waals surface area contributed by atoms with Crippen molar-refractivity contribution in [1.82, 2.24) is 10.2 Å². The SMILES string of the molecule is COc1ccc(C23C=CC4(CC2N(C)CC3)NC(C(=O)O)CS4)cc1OC. The van der Waals surface area contributed by atoms with Gasteiger partial charge in [-0.25, -0.2) is 0 Å². The Kier molecular flexibility index (Phi) is 4.64. The lowest BCUT2D eigenvalue weighted by Gasteiger charge is -2.44. The second kappa shape index (κ2) is 6.72. The third-order valence-electron chi connectivity index (χ3n) is 6.30. The van der Waals surface area contributed by atoms with E-state index >= 15 is 0 Å². The molecular formula is C20H26N2O4S. The zero-order valence-electron chi connectivity index (χ0n) is 15.9. The summed E-state index contributed by atoms with van der Waals surface area (Å²) < 4.78 is 10.9. The molecule has 2 N–H and O–H groups in total. The molecule has 3 aliphatic rings. The molecule has 1 aromatic carbocycles. The molecule has 2 saturated heterocycles. The number of nitrogens with zero attached hydrogens (tertiary/aromatic N) is 1. The predicted molar refractivity (Wildman–Crippen MR) is 106 cm³/mol. The first-order chi connectivity index (χ1) is 12.9. The van der Waals surface area contributed by atoms with E-state index in [-0.39, 0.29) is 10.3 Å². The Balaban J connectivity index is 1.72. The number of ether oxygens (including phenoxy) is 2. The van der Waals surface area contributed by atoms with Crippen molar-refractivity contribution < 1.29 is 19.4 Å². The number of likely N-dealkylation sites (N-methyl/N-ethyl adjacent to an activating group) is 1. The molecule has 2 fully saturated rings. The largest absolute Gasteiger partial charge is 0.493 e. The van der Waals surface area contributed by atoms with E-state index in [1.165, 1.54) is 5.56 Å². The first kappa shape index (κ1) is 18.7. The van der Waals surface area contributed by atoms with Crippen molar-refractivity contribution in [1.29, 1.82) is 0 Å². The quantitative estimate of drug-likeness (QED) is 0.763. The molecule has 2 aliphatic heterocycles. The van der Waals surface area contributed by atoms with Gasteiger partial charge in [0, 0.05) is 17.2 Å². The van der Waals surface area contributed by atoms with Gasteiger partial charge in [0.05, 0.1) is 19.1 Å². The van der Waals surface area contributed by atoms with Gasteiger partial charge in [0.1, 0.15) is 6.04 Å². The number of rotatable bonds is 4. The van der Waals surface area contributed by atoms with Gasteiger partial charge in [0.25, 0.3) is 0 Å². The number of thioether (sulfide) groups is 1. The van der Waals surface area contributed by atoms with Crippen LogP contribution in [-0.4, -0.2) is 66.5 Å². The first-order valence-corrected chi connectivity index (χ1v) is 10.2. The molecular weight excluding hydrogens is 364 g/mol. The predicted octanol–water partition coefficient (Wildman–Crippen LogP) is 2.09. The molecule has 0 aromatic heterocycles. The molecule has 1 spiro atoms. The minimum Gasteiger partial charge on any atom is -0.493 e. The van der Waals surface area contributed by atoms with E-state index in [0.717, 1.165) is 30.9 Å². The van der Waals surface area contributed by atoms with Gasteiger partial charge in [-0.15, -0.1) is 11.8 Å². The van der Waals surface area contributed by atoms with Crippen molar-refractivity contribution in [2.45, 2.75) is 35.2 Å². The highest BCUT2D eigenvalue weighted by Crippen LogP contribution is 2.52. The van der Waals surface area contributed by atoms with Crippen LogP contribution in [0.2, 0.25) is 0 Å². The van der Waals surface area contributed by atoms with Crippen LogP contribution < -0.4 is 14.8 Å². The summed E-state index contributed by atoms with van der Waals surface area (Å²) in [7, 11) is 5.47. The molecule has 0 saturated carbocycles. The number of hydrogen-bond acceptors (Lipinski definition) is 6. The summed E-state index contributed by atoms with van der Waals surface area (Å²) in [6, 6.07) is 6.00. The summed E-state index contributed by atoms with van der Waals surface area (Å²) >= 11 is 1.71. The molecule has 4 rings (SSSR count). The fourth-order valence-electron chi connectivity index (χ4n) is 4.76. The van der Waals surface area contributed by atoms with Gasteiger partial charge in [-0.05, 0) is 44.1 Å². The van der Waals surface area contributed by atoms with Crippen LogP contribution in [0.4, 0.5) is 0 Å². The highest BCUT2D eigenvalue weighted by molar-refractivity contribution is 8.01. The van der Waals surface area contributed by atoms with Gasteiger partial charge < -0.3 is 19.5 Å². The Morgan fingerprint density at radius 3 is 2.74 bits per heavy atom. The molecule has 6 nitrogen and oxygen atoms in total. The van der Waals surface area contributed by atoms with E-state index in [2.05, 4.69) is 41.5 Å². The van der Waals surface area contributed by atoms with Gasteiger partial charge in [-0.1, -0.05) is 18.2 Å². The molecule has 27 heavy (non-hydrogen) atoms. The van der Waals surface area contributed by atoms with E-state index < -0.39 is 12.0 Å². The average molecular weight is 391 g/mol. The van der Waals surface area contributed by atoms with Crippen molar-refractivity contribution in [3.8, 4) is 11.5 Å². The monoisotopic (exact) mass is 390 g/mol. The Labute approximate surface area is 163 Å². The van der Waals surface area contributed by atoms with Gasteiger partial charge in [-0.2, -0.15) is 0 Å². The van der Waals surface area contributed by atoms with Crippen molar-refractivity contribution in [3.63, 3.8) is 0 Å². The van der Waals surface area contributed by atoms with E-state index in [0.29, 0.717) is 11.8 Å². The molecule has 4 atom stereocenters. The number of methoxy groups -OCH3 is 2. The van der Waals surface area contributed by atoms with E-state index in [9.17, 15) is 9.90 Å². The highest BCUT2D eigenvalue weighted by atomic mass is 32.2. The summed E-state index contributed by atoms with van der Waals surface area (Å²) in [6.07, 6.45) is 6.41. The Hall–Kier alpha value is -1.70. The maximum Gasteiger partial charge on any atom is 0.321 e. The van der Waals surface area contributed by atoms with Crippen molar-refractivity contribution in [3.05, 3.63) is 35.9 Å². The van der Waals surface area contributed by atoms with Crippen LogP contribution in [0.25, 0.3) is 0 Å². The molecule has 0 radical (unpaired) electrons. The van der Waals surface area contributed by atoms with Crippen LogP contribution >= 0.6 is 11.8 Å². The third-order valence-corrected chi connectivity index (χ3v) is 7.73. The number of benzene rings is 1. The van der Waals surface area contributed by atoms with Crippen LogP contribution in [0.15, 0.2) is 30.4 Å². The summed E-state index contributed by atoms with van der Waals surface area (Å²) in [5, 5.41) is 12.7. The van der Waals surface area contributed by atoms with E-state index in [4.69, 9.17) is 9.47 Å². The minimum absolute atomic E-state index is 0.0941. The number of aliphatic carboxylic acids is 1. The zero-order valence-corrected chi connectivity index (χ0v) is 16.7. The van der Waals surface area contributed by atoms with Gasteiger partial charge in [0.15, 0.2) is 11.5 Å². The van der Waals surface area contributed by atoms with Crippen molar-refractivity contribution in [2.75, 3.05) is 33.6 Å². The second-order valence-electron chi connectivity index (χ2n) is 7.63. The molecule has 1 aromatic rings. The maximum absolute atomic E-state index is 11.4. The number of hydrogen-bond donors (Lipinski definition) is 2. The molecule has 2 heterocycles. The van der Waals surface area contributed by atoms with Crippen LogP contribution in [0.5, 0.6) is 11.5 Å². The third kappa shape index (κ3) is 2.92. The van der Waals surface area contributed by atoms with Crippen LogP contribution in [0.3, 0.4) is 0 Å². The Morgan fingerprint density at radius 2 is 2.07 bits per heavy atom. The molecule has 0 amide bonds. The zero-order chi connectivity index (χ0) is 19.2. The molecule has 0 bridgehead atoms. The summed E-state index contributed by atoms with van der Waals surface area (Å²) in [4.78, 5) is 13.5. The smallest absolute Gasteiger partial charge is 0.321 e. The number of fused-ring (bicyclic) bond motifs is 1. The van der Waals surface area contributed by atoms with E-state index in [1.54, 1.807) is 26.0 Å². The topological polar surface area (TPSA) is 71.0 Å². The standard InChI is InChI=1S/C20H26N2O4S/c1-22-9-8-19(13-4-5-15(25-2)16(10-13)26-3)6-7-20(11-17(19)22)21-14(12-27-20)18(23)24/h4-7,10,14,17,21H,8-9,11-12H2,1-3H3,(H,23,24). The summed E-state index contributed by atoms with van der Waals surface area (Å²) in [5.41, 5.74) is 1.13. The number of carbonyl (C=O) groups is 1. The van der Waals surface area contributed by atoms with Crippen LogP contribution in [-0.2, 0) is 10.2 Å². The van der Waals surface area contributed by atoms with E-state index in [1.807, 2.05) is 6.07 Å². The Morgan fingerprint density at radius 1 is 1.30 bits per heavy atom. The fourth-order valence-corrected chi connectivity index (χ4v) is 6.12.